The van der Waals surface area contributed by atoms with Crippen LogP contribution in [0, 0.1) is 0 Å². The third-order valence-electron chi connectivity index (χ3n) is 8.22. The molecule has 0 radical (unpaired) electrons. The molecule has 1 fully saturated rings. The predicted molar refractivity (Wildman–Crippen MR) is 172 cm³/mol. The van der Waals surface area contributed by atoms with Crippen molar-refractivity contribution in [2.45, 2.75) is 51.0 Å². The van der Waals surface area contributed by atoms with Crippen molar-refractivity contribution in [3.05, 3.63) is 94.0 Å². The van der Waals surface area contributed by atoms with Crippen LogP contribution in [0.2, 0.25) is 0 Å². The minimum absolute atomic E-state index is 0.0120. The summed E-state index contributed by atoms with van der Waals surface area (Å²) < 4.78 is 35.6. The van der Waals surface area contributed by atoms with Crippen LogP contribution in [0.25, 0.3) is 11.1 Å². The Kier molecular flexibility index (Phi) is 11.7. The van der Waals surface area contributed by atoms with Crippen LogP contribution < -0.4 is 15.2 Å². The molecule has 2 unspecified atom stereocenters. The number of benzene rings is 3. The number of carbonyl (C=O) groups is 1. The van der Waals surface area contributed by atoms with E-state index < -0.39 is 11.8 Å². The highest BCUT2D eigenvalue weighted by Gasteiger charge is 2.33. The van der Waals surface area contributed by atoms with Crippen molar-refractivity contribution in [1.82, 2.24) is 9.47 Å². The van der Waals surface area contributed by atoms with Gasteiger partial charge in [-0.1, -0.05) is 36.4 Å². The fraction of sp³-hybridized carbons (Fsp3) is 0.429. The number of ether oxygens (including phenoxy) is 5. The first kappa shape index (κ1) is 33.1. The second kappa shape index (κ2) is 16.3. The number of fused-ring (bicyclic) bond motifs is 1. The van der Waals surface area contributed by atoms with Gasteiger partial charge in [0, 0.05) is 44.7 Å². The Hall–Kier alpha value is -4.32. The number of hydrogen-bond acceptors (Lipinski definition) is 8. The van der Waals surface area contributed by atoms with E-state index in [4.69, 9.17) is 28.1 Å². The van der Waals surface area contributed by atoms with Gasteiger partial charge in [-0.05, 0) is 54.3 Å². The van der Waals surface area contributed by atoms with Gasteiger partial charge in [0.15, 0.2) is 5.58 Å². The molecule has 2 heterocycles. The number of rotatable bonds is 16. The molecule has 0 spiro atoms. The Labute approximate surface area is 268 Å². The Morgan fingerprint density at radius 1 is 0.978 bits per heavy atom. The Morgan fingerprint density at radius 3 is 2.59 bits per heavy atom. The van der Waals surface area contributed by atoms with Gasteiger partial charge in [0.2, 0.25) is 0 Å². The SMILES string of the molecule is COCCCn1c(=O)oc2ccc(COC3CN(C(=O)O)CCC3c3ccc(OCCCOCc4ccccc4OC)cc3)cc21. The molecular formula is C35H42N2O9. The first-order chi connectivity index (χ1) is 22.5. The number of nitrogens with zero attached hydrogens (tertiary/aromatic N) is 2. The normalized spacial score (nSPS) is 16.5. The standard InChI is InChI=1S/C35H42N2O9/c1-41-18-5-16-37-30-21-25(9-14-32(30)46-35(37)40)23-45-33-22-36(34(38)39)17-15-29(33)26-10-12-28(13-11-26)44-20-6-19-43-24-27-7-3-4-8-31(27)42-2/h3-4,7-14,21,29,33H,5-6,15-20,22-24H2,1-2H3,(H,38,39). The van der Waals surface area contributed by atoms with Crippen molar-refractivity contribution in [1.29, 1.82) is 0 Å². The van der Waals surface area contributed by atoms with Gasteiger partial charge in [0.25, 0.3) is 0 Å². The number of amides is 1. The van der Waals surface area contributed by atoms with Crippen molar-refractivity contribution in [3.63, 3.8) is 0 Å². The summed E-state index contributed by atoms with van der Waals surface area (Å²) in [5.41, 5.74) is 4.17. The van der Waals surface area contributed by atoms with E-state index in [1.165, 1.54) is 4.90 Å². The summed E-state index contributed by atoms with van der Waals surface area (Å²) in [5, 5.41) is 9.68. The molecule has 246 valence electrons. The minimum atomic E-state index is -0.956. The van der Waals surface area contributed by atoms with Gasteiger partial charge in [-0.15, -0.1) is 0 Å². The average molecular weight is 635 g/mol. The lowest BCUT2D eigenvalue weighted by Gasteiger charge is -2.37. The van der Waals surface area contributed by atoms with E-state index in [1.54, 1.807) is 24.9 Å². The molecule has 1 aliphatic heterocycles. The van der Waals surface area contributed by atoms with Crippen LogP contribution in [0.15, 0.2) is 75.9 Å². The molecule has 11 heteroatoms. The first-order valence-electron chi connectivity index (χ1n) is 15.6. The molecular weight excluding hydrogens is 592 g/mol. The molecule has 2 atom stereocenters. The van der Waals surface area contributed by atoms with Crippen LogP contribution >= 0.6 is 0 Å². The monoisotopic (exact) mass is 634 g/mol. The molecule has 1 aliphatic rings. The van der Waals surface area contributed by atoms with Gasteiger partial charge in [0.05, 0.1) is 51.7 Å². The Morgan fingerprint density at radius 2 is 1.80 bits per heavy atom. The predicted octanol–water partition coefficient (Wildman–Crippen LogP) is 5.68. The van der Waals surface area contributed by atoms with Gasteiger partial charge in [-0.2, -0.15) is 0 Å². The molecule has 1 aromatic heterocycles. The molecule has 5 rings (SSSR count). The van der Waals surface area contributed by atoms with E-state index >= 15 is 0 Å². The number of oxazole rings is 1. The third kappa shape index (κ3) is 8.48. The van der Waals surface area contributed by atoms with Crippen molar-refractivity contribution in [2.75, 3.05) is 47.1 Å². The zero-order valence-electron chi connectivity index (χ0n) is 26.4. The molecule has 3 aromatic carbocycles. The lowest BCUT2D eigenvalue weighted by molar-refractivity contribution is -0.0199. The molecule has 46 heavy (non-hydrogen) atoms. The maximum Gasteiger partial charge on any atom is 0.419 e. The zero-order chi connectivity index (χ0) is 32.3. The van der Waals surface area contributed by atoms with Gasteiger partial charge >= 0.3 is 11.8 Å². The van der Waals surface area contributed by atoms with Crippen molar-refractivity contribution in [3.8, 4) is 11.5 Å². The van der Waals surface area contributed by atoms with Gasteiger partial charge in [0.1, 0.15) is 11.5 Å². The molecule has 1 N–H and O–H groups in total. The largest absolute Gasteiger partial charge is 0.496 e. The minimum Gasteiger partial charge on any atom is -0.496 e. The zero-order valence-corrected chi connectivity index (χ0v) is 26.4. The van der Waals surface area contributed by atoms with Crippen LogP contribution in [0.1, 0.15) is 41.9 Å². The van der Waals surface area contributed by atoms with Crippen molar-refractivity contribution < 1.29 is 38.0 Å². The fourth-order valence-corrected chi connectivity index (χ4v) is 5.79. The topological polar surface area (TPSA) is 122 Å². The number of aryl methyl sites for hydroxylation is 1. The number of carboxylic acid groups (broad SMARTS) is 1. The van der Waals surface area contributed by atoms with E-state index in [2.05, 4.69) is 0 Å². The number of para-hydroxylation sites is 1. The molecule has 4 aromatic rings. The van der Waals surface area contributed by atoms with E-state index in [0.717, 1.165) is 34.6 Å². The van der Waals surface area contributed by atoms with E-state index in [-0.39, 0.29) is 25.2 Å². The average Bonchev–Trinajstić information content (AvgIpc) is 3.39. The van der Waals surface area contributed by atoms with E-state index in [1.807, 2.05) is 60.7 Å². The number of likely N-dealkylation sites (tertiary alicyclic amines) is 1. The van der Waals surface area contributed by atoms with Crippen LogP contribution in [-0.4, -0.2) is 73.9 Å². The summed E-state index contributed by atoms with van der Waals surface area (Å²) in [4.78, 5) is 25.6. The summed E-state index contributed by atoms with van der Waals surface area (Å²) in [6, 6.07) is 21.3. The number of aromatic nitrogens is 1. The van der Waals surface area contributed by atoms with E-state index in [9.17, 15) is 14.7 Å². The molecule has 0 bridgehead atoms. The van der Waals surface area contributed by atoms with Gasteiger partial charge in [-0.25, -0.2) is 9.59 Å². The molecule has 0 aliphatic carbocycles. The van der Waals surface area contributed by atoms with Crippen LogP contribution in [0.3, 0.4) is 0 Å². The van der Waals surface area contributed by atoms with Crippen molar-refractivity contribution in [2.24, 2.45) is 0 Å². The molecule has 1 saturated heterocycles. The van der Waals surface area contributed by atoms with E-state index in [0.29, 0.717) is 63.5 Å². The Bertz CT molecular complexity index is 1610. The van der Waals surface area contributed by atoms with Gasteiger partial charge < -0.3 is 38.1 Å². The molecule has 1 amide bonds. The highest BCUT2D eigenvalue weighted by Crippen LogP contribution is 2.32. The van der Waals surface area contributed by atoms with Crippen LogP contribution in [0.4, 0.5) is 4.79 Å². The second-order valence-corrected chi connectivity index (χ2v) is 11.3. The smallest absolute Gasteiger partial charge is 0.419 e. The lowest BCUT2D eigenvalue weighted by Crippen LogP contribution is -2.46. The quantitative estimate of drug-likeness (QED) is 0.155. The molecule has 11 nitrogen and oxygen atoms in total. The summed E-state index contributed by atoms with van der Waals surface area (Å²) in [6.07, 6.45) is 0.766. The first-order valence-corrected chi connectivity index (χ1v) is 15.6. The summed E-state index contributed by atoms with van der Waals surface area (Å²) in [6.45, 7) is 3.56. The maximum absolute atomic E-state index is 12.4. The van der Waals surface area contributed by atoms with Crippen LogP contribution in [-0.2, 0) is 34.0 Å². The maximum atomic E-state index is 12.4. The highest BCUT2D eigenvalue weighted by molar-refractivity contribution is 5.73. The van der Waals surface area contributed by atoms with Gasteiger partial charge in [-0.3, -0.25) is 4.57 Å². The number of piperidine rings is 1. The third-order valence-corrected chi connectivity index (χ3v) is 8.22. The van der Waals surface area contributed by atoms with Crippen molar-refractivity contribution >= 4 is 17.2 Å². The number of hydrogen-bond donors (Lipinski definition) is 1. The Balaban J connectivity index is 1.16. The lowest BCUT2D eigenvalue weighted by atomic mass is 9.87. The fourth-order valence-electron chi connectivity index (χ4n) is 5.79. The summed E-state index contributed by atoms with van der Waals surface area (Å²) in [5.74, 6) is 1.19. The molecule has 0 saturated carbocycles. The highest BCUT2D eigenvalue weighted by atomic mass is 16.5. The summed E-state index contributed by atoms with van der Waals surface area (Å²) >= 11 is 0. The number of methoxy groups -OCH3 is 2. The second-order valence-electron chi connectivity index (χ2n) is 11.3. The summed E-state index contributed by atoms with van der Waals surface area (Å²) in [7, 11) is 3.28. The van der Waals surface area contributed by atoms with Crippen LogP contribution in [0.5, 0.6) is 11.5 Å².